The highest BCUT2D eigenvalue weighted by molar-refractivity contribution is 9.10. The molecule has 1 fully saturated rings. The summed E-state index contributed by atoms with van der Waals surface area (Å²) in [4.78, 5) is 2.42. The maximum absolute atomic E-state index is 8.70. The van der Waals surface area contributed by atoms with Crippen LogP contribution >= 0.6 is 15.9 Å². The zero-order chi connectivity index (χ0) is 12.3. The van der Waals surface area contributed by atoms with Crippen LogP contribution in [0.4, 0.5) is 5.69 Å². The van der Waals surface area contributed by atoms with E-state index in [0.29, 0.717) is 12.3 Å². The van der Waals surface area contributed by atoms with Crippen LogP contribution in [0, 0.1) is 24.2 Å². The van der Waals surface area contributed by atoms with Crippen molar-refractivity contribution in [3.63, 3.8) is 0 Å². The van der Waals surface area contributed by atoms with Crippen LogP contribution < -0.4 is 4.90 Å². The molecule has 0 atom stereocenters. The number of benzene rings is 1. The molecule has 0 radical (unpaired) electrons. The number of anilines is 1. The third-order valence-corrected chi connectivity index (χ3v) is 4.39. The Morgan fingerprint density at radius 2 is 2.12 bits per heavy atom. The lowest BCUT2D eigenvalue weighted by molar-refractivity contribution is 0.413. The predicted molar refractivity (Wildman–Crippen MR) is 74.0 cm³/mol. The van der Waals surface area contributed by atoms with Crippen molar-refractivity contribution in [2.75, 3.05) is 18.0 Å². The Bertz CT molecular complexity index is 428. The molecule has 1 heterocycles. The van der Waals surface area contributed by atoms with Crippen molar-refractivity contribution in [3.05, 3.63) is 28.2 Å². The van der Waals surface area contributed by atoms with Crippen molar-refractivity contribution in [2.45, 2.75) is 26.2 Å². The van der Waals surface area contributed by atoms with Crippen molar-refractivity contribution in [3.8, 4) is 6.07 Å². The van der Waals surface area contributed by atoms with Gasteiger partial charge in [-0.3, -0.25) is 0 Å². The first-order chi connectivity index (χ1) is 8.20. The Morgan fingerprint density at radius 3 is 2.71 bits per heavy atom. The second-order valence-electron chi connectivity index (χ2n) is 4.73. The van der Waals surface area contributed by atoms with Crippen LogP contribution in [-0.4, -0.2) is 13.1 Å². The number of nitrogens with zero attached hydrogens (tertiary/aromatic N) is 2. The van der Waals surface area contributed by atoms with Gasteiger partial charge in [-0.15, -0.1) is 0 Å². The van der Waals surface area contributed by atoms with Crippen molar-refractivity contribution in [2.24, 2.45) is 5.92 Å². The van der Waals surface area contributed by atoms with Gasteiger partial charge in [-0.05, 0) is 49.4 Å². The summed E-state index contributed by atoms with van der Waals surface area (Å²) in [5.41, 5.74) is 2.59. The molecule has 0 saturated carbocycles. The first-order valence-corrected chi connectivity index (χ1v) is 6.88. The van der Waals surface area contributed by atoms with E-state index < -0.39 is 0 Å². The summed E-state index contributed by atoms with van der Waals surface area (Å²) >= 11 is 3.53. The molecule has 2 nitrogen and oxygen atoms in total. The minimum Gasteiger partial charge on any atom is -0.372 e. The fraction of sp³-hybridized carbons (Fsp3) is 0.500. The summed E-state index contributed by atoms with van der Waals surface area (Å²) in [5, 5.41) is 8.70. The summed E-state index contributed by atoms with van der Waals surface area (Å²) in [5.74, 6) is 0.604. The topological polar surface area (TPSA) is 27.0 Å². The van der Waals surface area contributed by atoms with Gasteiger partial charge in [-0.2, -0.15) is 5.26 Å². The molecule has 0 aliphatic carbocycles. The molecular weight excluding hydrogens is 276 g/mol. The van der Waals surface area contributed by atoms with E-state index in [1.54, 1.807) is 0 Å². The van der Waals surface area contributed by atoms with Crippen LogP contribution in [0.15, 0.2) is 22.7 Å². The average molecular weight is 293 g/mol. The SMILES string of the molecule is Cc1cc(N2CCC(CC#N)CC2)ccc1Br. The van der Waals surface area contributed by atoms with E-state index in [2.05, 4.69) is 52.0 Å². The Morgan fingerprint density at radius 1 is 1.41 bits per heavy atom. The largest absolute Gasteiger partial charge is 0.372 e. The van der Waals surface area contributed by atoms with Gasteiger partial charge in [-0.25, -0.2) is 0 Å². The smallest absolute Gasteiger partial charge is 0.0624 e. The minimum atomic E-state index is 0.604. The Kier molecular flexibility index (Phi) is 4.06. The Labute approximate surface area is 111 Å². The molecule has 1 aromatic carbocycles. The third kappa shape index (κ3) is 3.01. The van der Waals surface area contributed by atoms with Gasteiger partial charge in [0.05, 0.1) is 6.07 Å². The summed E-state index contributed by atoms with van der Waals surface area (Å²) < 4.78 is 1.17. The normalized spacial score (nSPS) is 16.9. The fourth-order valence-electron chi connectivity index (χ4n) is 2.35. The molecule has 0 bridgehead atoms. The molecular formula is C14H17BrN2. The quantitative estimate of drug-likeness (QED) is 0.827. The first-order valence-electron chi connectivity index (χ1n) is 6.08. The average Bonchev–Trinajstić information content (AvgIpc) is 2.34. The molecule has 3 heteroatoms. The molecule has 1 aliphatic rings. The van der Waals surface area contributed by atoms with Crippen molar-refractivity contribution in [1.82, 2.24) is 0 Å². The first kappa shape index (κ1) is 12.4. The molecule has 0 unspecified atom stereocenters. The van der Waals surface area contributed by atoms with Crippen LogP contribution in [-0.2, 0) is 0 Å². The summed E-state index contributed by atoms with van der Waals surface area (Å²) in [6, 6.07) is 8.80. The highest BCUT2D eigenvalue weighted by Gasteiger charge is 2.19. The molecule has 0 amide bonds. The van der Waals surface area contributed by atoms with Gasteiger partial charge in [0.2, 0.25) is 0 Å². The van der Waals surface area contributed by atoms with E-state index in [0.717, 1.165) is 25.9 Å². The van der Waals surface area contributed by atoms with Gasteiger partial charge >= 0.3 is 0 Å². The number of halogens is 1. The van der Waals surface area contributed by atoms with Gasteiger partial charge in [0, 0.05) is 29.7 Å². The van der Waals surface area contributed by atoms with Crippen molar-refractivity contribution >= 4 is 21.6 Å². The lowest BCUT2D eigenvalue weighted by Gasteiger charge is -2.33. The van der Waals surface area contributed by atoms with Crippen LogP contribution in [0.5, 0.6) is 0 Å². The van der Waals surface area contributed by atoms with Crippen molar-refractivity contribution < 1.29 is 0 Å². The lowest BCUT2D eigenvalue weighted by atomic mass is 9.94. The van der Waals surface area contributed by atoms with Gasteiger partial charge in [0.25, 0.3) is 0 Å². The number of hydrogen-bond acceptors (Lipinski definition) is 2. The van der Waals surface area contributed by atoms with E-state index in [1.165, 1.54) is 15.7 Å². The predicted octanol–water partition coefficient (Wildman–Crippen LogP) is 3.89. The standard InChI is InChI=1S/C14H17BrN2/c1-11-10-13(2-3-14(11)15)17-8-5-12(4-7-16)6-9-17/h2-3,10,12H,4-6,8-9H2,1H3. The summed E-state index contributed by atoms with van der Waals surface area (Å²) in [6.07, 6.45) is 3.00. The van der Waals surface area contributed by atoms with E-state index in [1.807, 2.05) is 0 Å². The van der Waals surface area contributed by atoms with Crippen LogP contribution in [0.25, 0.3) is 0 Å². The second kappa shape index (κ2) is 5.55. The Balaban J connectivity index is 2.01. The lowest BCUT2D eigenvalue weighted by Crippen LogP contribution is -2.33. The number of hydrogen-bond donors (Lipinski definition) is 0. The second-order valence-corrected chi connectivity index (χ2v) is 5.58. The monoisotopic (exact) mass is 292 g/mol. The molecule has 0 aromatic heterocycles. The number of nitriles is 1. The Hall–Kier alpha value is -1.01. The highest BCUT2D eigenvalue weighted by atomic mass is 79.9. The van der Waals surface area contributed by atoms with E-state index in [-0.39, 0.29) is 0 Å². The molecule has 90 valence electrons. The van der Waals surface area contributed by atoms with Gasteiger partial charge < -0.3 is 4.90 Å². The van der Waals surface area contributed by atoms with Crippen molar-refractivity contribution in [1.29, 1.82) is 5.26 Å². The highest BCUT2D eigenvalue weighted by Crippen LogP contribution is 2.27. The molecule has 0 spiro atoms. The van der Waals surface area contributed by atoms with Gasteiger partial charge in [-0.1, -0.05) is 15.9 Å². The molecule has 17 heavy (non-hydrogen) atoms. The number of piperidine rings is 1. The van der Waals surface area contributed by atoms with Crippen LogP contribution in [0.1, 0.15) is 24.8 Å². The summed E-state index contributed by atoms with van der Waals surface area (Å²) in [7, 11) is 0. The zero-order valence-electron chi connectivity index (χ0n) is 10.1. The minimum absolute atomic E-state index is 0.604. The fourth-order valence-corrected chi connectivity index (χ4v) is 2.60. The van der Waals surface area contributed by atoms with E-state index in [9.17, 15) is 0 Å². The number of aryl methyl sites for hydroxylation is 1. The van der Waals surface area contributed by atoms with Gasteiger partial charge in [0.1, 0.15) is 0 Å². The summed E-state index contributed by atoms with van der Waals surface area (Å²) in [6.45, 7) is 4.27. The van der Waals surface area contributed by atoms with Crippen LogP contribution in [0.2, 0.25) is 0 Å². The van der Waals surface area contributed by atoms with E-state index in [4.69, 9.17) is 5.26 Å². The molecule has 1 aliphatic heterocycles. The zero-order valence-corrected chi connectivity index (χ0v) is 11.7. The molecule has 1 aromatic rings. The third-order valence-electron chi connectivity index (χ3n) is 3.50. The molecule has 2 rings (SSSR count). The number of rotatable bonds is 2. The van der Waals surface area contributed by atoms with Gasteiger partial charge in [0.15, 0.2) is 0 Å². The van der Waals surface area contributed by atoms with E-state index >= 15 is 0 Å². The molecule has 0 N–H and O–H groups in total. The maximum Gasteiger partial charge on any atom is 0.0624 e. The maximum atomic E-state index is 8.70. The van der Waals surface area contributed by atoms with Crippen LogP contribution in [0.3, 0.4) is 0 Å². The molecule has 1 saturated heterocycles.